The quantitative estimate of drug-likeness (QED) is 0.673. The summed E-state index contributed by atoms with van der Waals surface area (Å²) in [5.74, 6) is 0.351. The second-order valence-electron chi connectivity index (χ2n) is 4.46. The lowest BCUT2D eigenvalue weighted by atomic mass is 10.1. The molecule has 4 nitrogen and oxygen atoms in total. The molecule has 114 valence electrons. The second kappa shape index (κ2) is 9.13. The fourth-order valence-electron chi connectivity index (χ4n) is 2.22. The molecular formula is C15H26O4Si. The van der Waals surface area contributed by atoms with Crippen molar-refractivity contribution in [2.24, 2.45) is 0 Å². The highest BCUT2D eigenvalue weighted by Gasteiger charge is 2.39. The minimum absolute atomic E-state index is 0.351. The zero-order valence-electron chi connectivity index (χ0n) is 12.7. The molecule has 1 aromatic carbocycles. The molecule has 0 radical (unpaired) electrons. The first-order chi connectivity index (χ1) is 9.67. The van der Waals surface area contributed by atoms with Crippen molar-refractivity contribution < 1.29 is 18.4 Å². The molecule has 0 saturated heterocycles. The number of benzene rings is 1. The predicted octanol–water partition coefficient (Wildman–Crippen LogP) is 3.37. The van der Waals surface area contributed by atoms with Gasteiger partial charge in [-0.1, -0.05) is 18.2 Å². The normalized spacial score (nSPS) is 11.8. The van der Waals surface area contributed by atoms with E-state index < -0.39 is 8.80 Å². The Morgan fingerprint density at radius 3 is 2.00 bits per heavy atom. The lowest BCUT2D eigenvalue weighted by Crippen LogP contribution is -2.46. The van der Waals surface area contributed by atoms with E-state index in [0.29, 0.717) is 25.6 Å². The van der Waals surface area contributed by atoms with Crippen molar-refractivity contribution in [2.75, 3.05) is 19.8 Å². The molecule has 1 rings (SSSR count). The third-order valence-electron chi connectivity index (χ3n) is 3.01. The smallest absolute Gasteiger partial charge is 0.500 e. The Morgan fingerprint density at radius 2 is 1.50 bits per heavy atom. The van der Waals surface area contributed by atoms with Crippen LogP contribution in [0.3, 0.4) is 0 Å². The third kappa shape index (κ3) is 5.24. The molecule has 0 spiro atoms. The molecule has 0 amide bonds. The fourth-order valence-corrected chi connectivity index (χ4v) is 4.83. The summed E-state index contributed by atoms with van der Waals surface area (Å²) in [6, 6.07) is 8.21. The molecular weight excluding hydrogens is 272 g/mol. The van der Waals surface area contributed by atoms with Gasteiger partial charge in [-0.25, -0.2) is 0 Å². The van der Waals surface area contributed by atoms with Crippen molar-refractivity contribution in [1.82, 2.24) is 0 Å². The Balaban J connectivity index is 2.59. The Hall–Kier alpha value is -0.883. The summed E-state index contributed by atoms with van der Waals surface area (Å²) in [4.78, 5) is 0. The van der Waals surface area contributed by atoms with E-state index in [2.05, 4.69) is 0 Å². The van der Waals surface area contributed by atoms with Crippen molar-refractivity contribution in [3.63, 3.8) is 0 Å². The van der Waals surface area contributed by atoms with E-state index in [0.717, 1.165) is 24.4 Å². The maximum atomic E-state index is 9.77. The first-order valence-electron chi connectivity index (χ1n) is 7.36. The Kier molecular flexibility index (Phi) is 7.83. The third-order valence-corrected chi connectivity index (χ3v) is 6.16. The van der Waals surface area contributed by atoms with E-state index in [9.17, 15) is 5.11 Å². The van der Waals surface area contributed by atoms with E-state index in [1.165, 1.54) is 0 Å². The summed E-state index contributed by atoms with van der Waals surface area (Å²) < 4.78 is 17.4. The Morgan fingerprint density at radius 1 is 0.950 bits per heavy atom. The van der Waals surface area contributed by atoms with Gasteiger partial charge in [-0.3, -0.25) is 0 Å². The maximum absolute atomic E-state index is 9.77. The molecule has 1 aromatic rings. The van der Waals surface area contributed by atoms with Gasteiger partial charge in [0.25, 0.3) is 0 Å². The van der Waals surface area contributed by atoms with Crippen LogP contribution in [0.15, 0.2) is 24.3 Å². The monoisotopic (exact) mass is 298 g/mol. The van der Waals surface area contributed by atoms with Gasteiger partial charge in [-0.05, 0) is 45.2 Å². The molecule has 0 bridgehead atoms. The number of para-hydroxylation sites is 1. The summed E-state index contributed by atoms with van der Waals surface area (Å²) >= 11 is 0. The lowest BCUT2D eigenvalue weighted by Gasteiger charge is -2.28. The van der Waals surface area contributed by atoms with E-state index in [1.54, 1.807) is 6.07 Å². The van der Waals surface area contributed by atoms with E-state index in [1.807, 2.05) is 39.0 Å². The van der Waals surface area contributed by atoms with Gasteiger partial charge < -0.3 is 18.4 Å². The number of hydrogen-bond acceptors (Lipinski definition) is 4. The van der Waals surface area contributed by atoms with Gasteiger partial charge in [0, 0.05) is 25.9 Å². The summed E-state index contributed by atoms with van der Waals surface area (Å²) in [5, 5.41) is 9.77. The minimum Gasteiger partial charge on any atom is -0.508 e. The molecule has 20 heavy (non-hydrogen) atoms. The summed E-state index contributed by atoms with van der Waals surface area (Å²) in [7, 11) is -2.55. The van der Waals surface area contributed by atoms with Crippen LogP contribution in [0.5, 0.6) is 5.75 Å². The average molecular weight is 298 g/mol. The lowest BCUT2D eigenvalue weighted by molar-refractivity contribution is 0.0708. The van der Waals surface area contributed by atoms with Crippen LogP contribution in [0.1, 0.15) is 32.8 Å². The molecule has 0 aliphatic rings. The molecule has 1 N–H and O–H groups in total. The van der Waals surface area contributed by atoms with Crippen LogP contribution in [0.25, 0.3) is 0 Å². The van der Waals surface area contributed by atoms with Crippen LogP contribution >= 0.6 is 0 Å². The van der Waals surface area contributed by atoms with Crippen LogP contribution < -0.4 is 0 Å². The van der Waals surface area contributed by atoms with Crippen LogP contribution in [0, 0.1) is 0 Å². The van der Waals surface area contributed by atoms with Gasteiger partial charge in [-0.2, -0.15) is 0 Å². The molecule has 5 heteroatoms. The predicted molar refractivity (Wildman–Crippen MR) is 81.9 cm³/mol. The highest BCUT2D eigenvalue weighted by molar-refractivity contribution is 6.60. The fraction of sp³-hybridized carbons (Fsp3) is 0.600. The molecule has 0 aromatic heterocycles. The maximum Gasteiger partial charge on any atom is 0.500 e. The van der Waals surface area contributed by atoms with Crippen molar-refractivity contribution >= 4 is 8.80 Å². The van der Waals surface area contributed by atoms with Crippen LogP contribution in [-0.2, 0) is 19.7 Å². The van der Waals surface area contributed by atoms with Crippen molar-refractivity contribution in [3.05, 3.63) is 29.8 Å². The number of aromatic hydroxyl groups is 1. The van der Waals surface area contributed by atoms with Crippen molar-refractivity contribution in [1.29, 1.82) is 0 Å². The van der Waals surface area contributed by atoms with Gasteiger partial charge in [0.15, 0.2) is 0 Å². The zero-order chi connectivity index (χ0) is 14.8. The molecule has 0 aliphatic carbocycles. The van der Waals surface area contributed by atoms with Crippen LogP contribution in [-0.4, -0.2) is 33.7 Å². The molecule has 0 fully saturated rings. The van der Waals surface area contributed by atoms with Crippen LogP contribution in [0.4, 0.5) is 0 Å². The van der Waals surface area contributed by atoms with Crippen molar-refractivity contribution in [2.45, 2.75) is 39.7 Å². The Labute approximate surface area is 123 Å². The Bertz CT molecular complexity index is 367. The van der Waals surface area contributed by atoms with Gasteiger partial charge in [0.1, 0.15) is 5.75 Å². The molecule has 0 atom stereocenters. The number of aryl methyl sites for hydroxylation is 1. The highest BCUT2D eigenvalue weighted by Crippen LogP contribution is 2.23. The highest BCUT2D eigenvalue weighted by atomic mass is 28.4. The molecule has 0 saturated carbocycles. The zero-order valence-corrected chi connectivity index (χ0v) is 13.7. The molecule has 0 heterocycles. The number of phenolic OH excluding ortho intramolecular Hbond substituents is 1. The first-order valence-corrected chi connectivity index (χ1v) is 9.29. The van der Waals surface area contributed by atoms with E-state index >= 15 is 0 Å². The van der Waals surface area contributed by atoms with Gasteiger partial charge >= 0.3 is 8.80 Å². The largest absolute Gasteiger partial charge is 0.508 e. The van der Waals surface area contributed by atoms with E-state index in [4.69, 9.17) is 13.3 Å². The number of phenols is 1. The second-order valence-corrected chi connectivity index (χ2v) is 7.20. The van der Waals surface area contributed by atoms with Gasteiger partial charge in [0.2, 0.25) is 0 Å². The van der Waals surface area contributed by atoms with Gasteiger partial charge in [0.05, 0.1) is 0 Å². The topological polar surface area (TPSA) is 47.9 Å². The van der Waals surface area contributed by atoms with E-state index in [-0.39, 0.29) is 0 Å². The first kappa shape index (κ1) is 17.2. The summed E-state index contributed by atoms with van der Waals surface area (Å²) in [6.07, 6.45) is 1.68. The number of rotatable bonds is 10. The molecule has 0 aliphatic heterocycles. The number of hydrogen-bond donors (Lipinski definition) is 1. The summed E-state index contributed by atoms with van der Waals surface area (Å²) in [5.41, 5.74) is 0.958. The SMILES string of the molecule is CCO[Si](CCCc1ccccc1O)(OCC)OCC. The summed E-state index contributed by atoms with van der Waals surface area (Å²) in [6.45, 7) is 7.68. The standard InChI is InChI=1S/C15H26O4Si/c1-4-17-20(18-5-2,19-6-3)13-9-11-14-10-7-8-12-15(14)16/h7-8,10,12,16H,4-6,9,11,13H2,1-3H3. The van der Waals surface area contributed by atoms with Crippen LogP contribution in [0.2, 0.25) is 6.04 Å². The average Bonchev–Trinajstić information content (AvgIpc) is 2.42. The minimum atomic E-state index is -2.55. The van der Waals surface area contributed by atoms with Crippen molar-refractivity contribution in [3.8, 4) is 5.75 Å². The van der Waals surface area contributed by atoms with Gasteiger partial charge in [-0.15, -0.1) is 0 Å². The molecule has 0 unspecified atom stereocenters.